The molecule has 0 spiro atoms. The number of carbonyl (C=O) groups is 1. The lowest BCUT2D eigenvalue weighted by Crippen LogP contribution is -2.29. The first kappa shape index (κ1) is 18.6. The Bertz CT molecular complexity index is 863. The van der Waals surface area contributed by atoms with Gasteiger partial charge in [-0.2, -0.15) is 0 Å². The average Bonchev–Trinajstić information content (AvgIpc) is 3.11. The van der Waals surface area contributed by atoms with E-state index in [4.69, 9.17) is 11.6 Å². The third-order valence-corrected chi connectivity index (χ3v) is 5.56. The van der Waals surface area contributed by atoms with Crippen LogP contribution in [-0.2, 0) is 11.2 Å². The fourth-order valence-corrected chi connectivity index (χ4v) is 3.97. The number of thiazole rings is 1. The fraction of sp³-hybridized carbons (Fsp3) is 0.238. The van der Waals surface area contributed by atoms with Crippen LogP contribution in [0.2, 0.25) is 5.02 Å². The minimum atomic E-state index is -0.00427. The second-order valence-electron chi connectivity index (χ2n) is 6.12. The lowest BCUT2D eigenvalue weighted by atomic mass is 9.96. The first-order chi connectivity index (χ1) is 12.7. The van der Waals surface area contributed by atoms with Crippen molar-refractivity contribution in [1.29, 1.82) is 0 Å². The predicted molar refractivity (Wildman–Crippen MR) is 109 cm³/mol. The van der Waals surface area contributed by atoms with E-state index in [0.29, 0.717) is 17.5 Å². The Morgan fingerprint density at radius 2 is 1.88 bits per heavy atom. The zero-order chi connectivity index (χ0) is 18.4. The summed E-state index contributed by atoms with van der Waals surface area (Å²) in [6.45, 7) is 2.78. The first-order valence-corrected chi connectivity index (χ1v) is 9.94. The van der Waals surface area contributed by atoms with Crippen molar-refractivity contribution in [1.82, 2.24) is 10.3 Å². The van der Waals surface area contributed by atoms with Crippen LogP contribution in [0, 0.1) is 0 Å². The van der Waals surface area contributed by atoms with Crippen LogP contribution in [0.25, 0.3) is 10.6 Å². The van der Waals surface area contributed by atoms with Gasteiger partial charge in [0.25, 0.3) is 0 Å². The van der Waals surface area contributed by atoms with Gasteiger partial charge in [0.1, 0.15) is 5.01 Å². The fourth-order valence-electron chi connectivity index (χ4n) is 2.83. The number of rotatable bonds is 7. The first-order valence-electron chi connectivity index (χ1n) is 8.68. The van der Waals surface area contributed by atoms with Gasteiger partial charge in [-0.15, -0.1) is 11.3 Å². The SMILES string of the molecule is CC[C@H](CNC(=O)Cc1csc(-c2ccccc2Cl)n1)c1ccccc1. The molecule has 1 aromatic heterocycles. The summed E-state index contributed by atoms with van der Waals surface area (Å²) in [6, 6.07) is 17.9. The summed E-state index contributed by atoms with van der Waals surface area (Å²) in [5, 5.41) is 6.48. The van der Waals surface area contributed by atoms with Crippen molar-refractivity contribution in [2.24, 2.45) is 0 Å². The van der Waals surface area contributed by atoms with Gasteiger partial charge in [-0.05, 0) is 18.1 Å². The zero-order valence-electron chi connectivity index (χ0n) is 14.6. The van der Waals surface area contributed by atoms with Crippen LogP contribution < -0.4 is 5.32 Å². The molecular weight excluding hydrogens is 364 g/mol. The minimum absolute atomic E-state index is 0.00427. The highest BCUT2D eigenvalue weighted by atomic mass is 35.5. The molecule has 2 aromatic carbocycles. The van der Waals surface area contributed by atoms with Crippen LogP contribution in [-0.4, -0.2) is 17.4 Å². The Morgan fingerprint density at radius 3 is 2.62 bits per heavy atom. The standard InChI is InChI=1S/C21H21ClN2OS/c1-2-15(16-8-4-3-5-9-16)13-23-20(25)12-17-14-26-21(24-17)18-10-6-7-11-19(18)22/h3-11,14-15H,2,12-13H2,1H3,(H,23,25)/t15-/m1/s1. The molecular formula is C21H21ClN2OS. The Labute approximate surface area is 163 Å². The van der Waals surface area contributed by atoms with Gasteiger partial charge in [-0.3, -0.25) is 4.79 Å². The number of hydrogen-bond donors (Lipinski definition) is 1. The maximum atomic E-state index is 12.3. The van der Waals surface area contributed by atoms with Crippen LogP contribution in [0.3, 0.4) is 0 Å². The number of aromatic nitrogens is 1. The number of nitrogens with zero attached hydrogens (tertiary/aromatic N) is 1. The lowest BCUT2D eigenvalue weighted by molar-refractivity contribution is -0.120. The molecule has 3 rings (SSSR count). The van der Waals surface area contributed by atoms with Gasteiger partial charge in [0.05, 0.1) is 17.1 Å². The topological polar surface area (TPSA) is 42.0 Å². The van der Waals surface area contributed by atoms with Gasteiger partial charge in [0.2, 0.25) is 5.91 Å². The molecule has 134 valence electrons. The Hall–Kier alpha value is -2.17. The number of hydrogen-bond acceptors (Lipinski definition) is 3. The van der Waals surface area contributed by atoms with Crippen molar-refractivity contribution >= 4 is 28.8 Å². The highest BCUT2D eigenvalue weighted by Gasteiger charge is 2.13. The predicted octanol–water partition coefficient (Wildman–Crippen LogP) is 5.32. The monoisotopic (exact) mass is 384 g/mol. The van der Waals surface area contributed by atoms with E-state index in [0.717, 1.165) is 22.7 Å². The Morgan fingerprint density at radius 1 is 1.15 bits per heavy atom. The quantitative estimate of drug-likeness (QED) is 0.599. The summed E-state index contributed by atoms with van der Waals surface area (Å²) in [5.74, 6) is 0.324. The molecule has 0 saturated heterocycles. The highest BCUT2D eigenvalue weighted by Crippen LogP contribution is 2.30. The summed E-state index contributed by atoms with van der Waals surface area (Å²) in [7, 11) is 0. The molecule has 3 aromatic rings. The molecule has 0 aliphatic carbocycles. The lowest BCUT2D eigenvalue weighted by Gasteiger charge is -2.16. The third kappa shape index (κ3) is 4.71. The minimum Gasteiger partial charge on any atom is -0.355 e. The molecule has 0 aliphatic rings. The molecule has 0 bridgehead atoms. The number of carbonyl (C=O) groups excluding carboxylic acids is 1. The van der Waals surface area contributed by atoms with E-state index >= 15 is 0 Å². The van der Waals surface area contributed by atoms with Gasteiger partial charge in [-0.1, -0.05) is 67.1 Å². The summed E-state index contributed by atoms with van der Waals surface area (Å²) in [5.41, 5.74) is 2.93. The maximum absolute atomic E-state index is 12.3. The van der Waals surface area contributed by atoms with E-state index in [1.807, 2.05) is 47.8 Å². The van der Waals surface area contributed by atoms with Crippen molar-refractivity contribution < 1.29 is 4.79 Å². The highest BCUT2D eigenvalue weighted by molar-refractivity contribution is 7.13. The molecule has 0 saturated carbocycles. The van der Waals surface area contributed by atoms with E-state index < -0.39 is 0 Å². The van der Waals surface area contributed by atoms with E-state index in [1.165, 1.54) is 16.9 Å². The molecule has 1 amide bonds. The zero-order valence-corrected chi connectivity index (χ0v) is 16.2. The van der Waals surface area contributed by atoms with Crippen LogP contribution in [0.1, 0.15) is 30.5 Å². The van der Waals surface area contributed by atoms with Gasteiger partial charge in [0.15, 0.2) is 0 Å². The molecule has 26 heavy (non-hydrogen) atoms. The number of nitrogens with one attached hydrogen (secondary N) is 1. The summed E-state index contributed by atoms with van der Waals surface area (Å²) >= 11 is 7.73. The van der Waals surface area contributed by atoms with Crippen LogP contribution in [0.4, 0.5) is 0 Å². The van der Waals surface area contributed by atoms with Crippen LogP contribution >= 0.6 is 22.9 Å². The van der Waals surface area contributed by atoms with Crippen LogP contribution in [0.5, 0.6) is 0 Å². The third-order valence-electron chi connectivity index (χ3n) is 4.31. The van der Waals surface area contributed by atoms with E-state index in [2.05, 4.69) is 29.4 Å². The number of amides is 1. The molecule has 0 fully saturated rings. The molecule has 3 nitrogen and oxygen atoms in total. The summed E-state index contributed by atoms with van der Waals surface area (Å²) in [6.07, 6.45) is 1.27. The second kappa shape index (κ2) is 8.97. The van der Waals surface area contributed by atoms with Crippen molar-refractivity contribution in [3.8, 4) is 10.6 Å². The summed E-state index contributed by atoms with van der Waals surface area (Å²) in [4.78, 5) is 16.9. The average molecular weight is 385 g/mol. The van der Waals surface area contributed by atoms with Gasteiger partial charge in [0, 0.05) is 23.4 Å². The summed E-state index contributed by atoms with van der Waals surface area (Å²) < 4.78 is 0. The number of benzene rings is 2. The van der Waals surface area contributed by atoms with E-state index in [1.54, 1.807) is 0 Å². The van der Waals surface area contributed by atoms with Crippen molar-refractivity contribution in [2.75, 3.05) is 6.54 Å². The smallest absolute Gasteiger partial charge is 0.226 e. The Kier molecular flexibility index (Phi) is 6.42. The molecule has 5 heteroatoms. The largest absolute Gasteiger partial charge is 0.355 e. The number of halogens is 1. The molecule has 1 heterocycles. The second-order valence-corrected chi connectivity index (χ2v) is 7.39. The van der Waals surface area contributed by atoms with Gasteiger partial charge >= 0.3 is 0 Å². The van der Waals surface area contributed by atoms with E-state index in [9.17, 15) is 4.79 Å². The molecule has 1 N–H and O–H groups in total. The van der Waals surface area contributed by atoms with Gasteiger partial charge < -0.3 is 5.32 Å². The van der Waals surface area contributed by atoms with Gasteiger partial charge in [-0.25, -0.2) is 4.98 Å². The molecule has 0 aliphatic heterocycles. The van der Waals surface area contributed by atoms with Crippen molar-refractivity contribution in [2.45, 2.75) is 25.7 Å². The Balaban J connectivity index is 1.58. The van der Waals surface area contributed by atoms with Crippen molar-refractivity contribution in [3.05, 3.63) is 76.3 Å². The molecule has 0 radical (unpaired) electrons. The van der Waals surface area contributed by atoms with E-state index in [-0.39, 0.29) is 12.3 Å². The van der Waals surface area contributed by atoms with Crippen LogP contribution in [0.15, 0.2) is 60.0 Å². The normalized spacial score (nSPS) is 11.9. The maximum Gasteiger partial charge on any atom is 0.226 e. The van der Waals surface area contributed by atoms with Crippen molar-refractivity contribution in [3.63, 3.8) is 0 Å². The molecule has 0 unspecified atom stereocenters. The molecule has 1 atom stereocenters.